The predicted octanol–water partition coefficient (Wildman–Crippen LogP) is 0.696. The molecule has 7 heteroatoms. The van der Waals surface area contributed by atoms with Crippen molar-refractivity contribution in [1.29, 1.82) is 0 Å². The lowest BCUT2D eigenvalue weighted by Crippen LogP contribution is -2.39. The SMILES string of the molecule is CC(=O)NCCS[C@H](NC(=O)c1ccccc1)C(=O)O. The lowest BCUT2D eigenvalue weighted by Gasteiger charge is -2.14. The summed E-state index contributed by atoms with van der Waals surface area (Å²) in [5.74, 6) is -1.34. The van der Waals surface area contributed by atoms with E-state index in [-0.39, 0.29) is 5.91 Å². The minimum Gasteiger partial charge on any atom is -0.479 e. The zero-order valence-electron chi connectivity index (χ0n) is 11.0. The number of amides is 2. The molecule has 0 saturated carbocycles. The molecule has 0 spiro atoms. The second kappa shape index (κ2) is 8.21. The Morgan fingerprint density at radius 2 is 1.90 bits per heavy atom. The molecule has 1 aromatic carbocycles. The van der Waals surface area contributed by atoms with Crippen molar-refractivity contribution in [2.24, 2.45) is 0 Å². The number of hydrogen-bond donors (Lipinski definition) is 3. The molecule has 0 heterocycles. The highest BCUT2D eigenvalue weighted by Gasteiger charge is 2.20. The summed E-state index contributed by atoms with van der Waals surface area (Å²) in [5, 5.41) is 13.0. The van der Waals surface area contributed by atoms with Crippen LogP contribution in [0.1, 0.15) is 17.3 Å². The minimum absolute atomic E-state index is 0.175. The van der Waals surface area contributed by atoms with Crippen LogP contribution in [0.4, 0.5) is 0 Å². The molecular weight excluding hydrogens is 280 g/mol. The first-order chi connectivity index (χ1) is 9.50. The third kappa shape index (κ3) is 5.75. The molecule has 1 aromatic rings. The number of carbonyl (C=O) groups is 3. The first-order valence-electron chi connectivity index (χ1n) is 5.95. The highest BCUT2D eigenvalue weighted by atomic mass is 32.2. The standard InChI is InChI=1S/C13H16N2O4S/c1-9(16)14-7-8-20-12(13(18)19)15-11(17)10-5-3-2-4-6-10/h2-6,12H,7-8H2,1H3,(H,14,16)(H,15,17)(H,18,19)/t12-/m0/s1. The first-order valence-corrected chi connectivity index (χ1v) is 7.00. The summed E-state index contributed by atoms with van der Waals surface area (Å²) in [7, 11) is 0. The molecule has 108 valence electrons. The average molecular weight is 296 g/mol. The Labute approximate surface area is 120 Å². The molecule has 2 amide bonds. The third-order valence-electron chi connectivity index (χ3n) is 2.28. The Morgan fingerprint density at radius 1 is 1.25 bits per heavy atom. The van der Waals surface area contributed by atoms with Gasteiger partial charge in [0.15, 0.2) is 5.37 Å². The van der Waals surface area contributed by atoms with Gasteiger partial charge in [0.05, 0.1) is 0 Å². The molecule has 1 atom stereocenters. The van der Waals surface area contributed by atoms with E-state index >= 15 is 0 Å². The zero-order valence-corrected chi connectivity index (χ0v) is 11.8. The quantitative estimate of drug-likeness (QED) is 0.508. The second-order valence-electron chi connectivity index (χ2n) is 3.91. The van der Waals surface area contributed by atoms with Crippen LogP contribution in [-0.2, 0) is 9.59 Å². The molecule has 0 bridgehead atoms. The molecule has 0 aromatic heterocycles. The molecule has 0 unspecified atom stereocenters. The van der Waals surface area contributed by atoms with E-state index in [1.807, 2.05) is 0 Å². The van der Waals surface area contributed by atoms with E-state index in [0.717, 1.165) is 11.8 Å². The second-order valence-corrected chi connectivity index (χ2v) is 5.12. The van der Waals surface area contributed by atoms with Crippen molar-refractivity contribution in [3.05, 3.63) is 35.9 Å². The maximum atomic E-state index is 11.8. The van der Waals surface area contributed by atoms with Gasteiger partial charge < -0.3 is 15.7 Å². The Hall–Kier alpha value is -2.02. The van der Waals surface area contributed by atoms with Gasteiger partial charge >= 0.3 is 5.97 Å². The molecule has 3 N–H and O–H groups in total. The van der Waals surface area contributed by atoms with Gasteiger partial charge in [-0.3, -0.25) is 9.59 Å². The predicted molar refractivity (Wildman–Crippen MR) is 76.5 cm³/mol. The van der Waals surface area contributed by atoms with E-state index in [1.165, 1.54) is 6.92 Å². The summed E-state index contributed by atoms with van der Waals surface area (Å²) < 4.78 is 0. The summed E-state index contributed by atoms with van der Waals surface area (Å²) in [5.41, 5.74) is 0.404. The fourth-order valence-electron chi connectivity index (χ4n) is 1.37. The maximum absolute atomic E-state index is 11.8. The van der Waals surface area contributed by atoms with Gasteiger partial charge in [0.25, 0.3) is 5.91 Å². The van der Waals surface area contributed by atoms with Crippen molar-refractivity contribution in [3.8, 4) is 0 Å². The summed E-state index contributed by atoms with van der Waals surface area (Å²) in [6.45, 7) is 1.74. The van der Waals surface area contributed by atoms with Crippen LogP contribution in [0.25, 0.3) is 0 Å². The molecule has 0 saturated heterocycles. The van der Waals surface area contributed by atoms with Crippen molar-refractivity contribution in [1.82, 2.24) is 10.6 Å². The van der Waals surface area contributed by atoms with Gasteiger partial charge in [-0.2, -0.15) is 0 Å². The number of benzene rings is 1. The van der Waals surface area contributed by atoms with Crippen LogP contribution in [0.15, 0.2) is 30.3 Å². The number of nitrogens with one attached hydrogen (secondary N) is 2. The fourth-order valence-corrected chi connectivity index (χ4v) is 2.16. The van der Waals surface area contributed by atoms with Crippen molar-refractivity contribution in [2.75, 3.05) is 12.3 Å². The molecule has 0 aliphatic heterocycles. The largest absolute Gasteiger partial charge is 0.479 e. The van der Waals surface area contributed by atoms with Crippen molar-refractivity contribution < 1.29 is 19.5 Å². The zero-order chi connectivity index (χ0) is 15.0. The Morgan fingerprint density at radius 3 is 2.45 bits per heavy atom. The fraction of sp³-hybridized carbons (Fsp3) is 0.308. The molecule has 1 rings (SSSR count). The molecule has 0 aliphatic carbocycles. The van der Waals surface area contributed by atoms with E-state index in [9.17, 15) is 14.4 Å². The minimum atomic E-state index is -1.12. The van der Waals surface area contributed by atoms with E-state index in [4.69, 9.17) is 5.11 Å². The van der Waals surface area contributed by atoms with Crippen LogP contribution >= 0.6 is 11.8 Å². The Bertz CT molecular complexity index is 479. The highest BCUT2D eigenvalue weighted by Crippen LogP contribution is 2.09. The van der Waals surface area contributed by atoms with Crippen LogP contribution in [0, 0.1) is 0 Å². The number of hydrogen-bond acceptors (Lipinski definition) is 4. The first kappa shape index (κ1) is 16.0. The Balaban J connectivity index is 2.49. The summed E-state index contributed by atoms with van der Waals surface area (Å²) >= 11 is 1.05. The molecule has 0 radical (unpaired) electrons. The maximum Gasteiger partial charge on any atom is 0.336 e. The normalized spacial score (nSPS) is 11.4. The number of carboxylic acid groups (broad SMARTS) is 1. The number of carbonyl (C=O) groups excluding carboxylic acids is 2. The Kier molecular flexibility index (Phi) is 6.58. The van der Waals surface area contributed by atoms with Crippen LogP contribution in [0.3, 0.4) is 0 Å². The van der Waals surface area contributed by atoms with Gasteiger partial charge in [-0.05, 0) is 12.1 Å². The highest BCUT2D eigenvalue weighted by molar-refractivity contribution is 8.00. The number of carboxylic acids is 1. The van der Waals surface area contributed by atoms with Crippen molar-refractivity contribution in [3.63, 3.8) is 0 Å². The topological polar surface area (TPSA) is 95.5 Å². The van der Waals surface area contributed by atoms with Crippen LogP contribution in [-0.4, -0.2) is 40.6 Å². The number of aliphatic carboxylic acids is 1. The molecule has 6 nitrogen and oxygen atoms in total. The molecule has 20 heavy (non-hydrogen) atoms. The monoisotopic (exact) mass is 296 g/mol. The molecular formula is C13H16N2O4S. The van der Waals surface area contributed by atoms with Crippen LogP contribution < -0.4 is 10.6 Å². The van der Waals surface area contributed by atoms with Gasteiger partial charge in [-0.25, -0.2) is 4.79 Å². The summed E-state index contributed by atoms with van der Waals surface area (Å²) in [4.78, 5) is 33.6. The lowest BCUT2D eigenvalue weighted by atomic mass is 10.2. The summed E-state index contributed by atoms with van der Waals surface area (Å²) in [6.07, 6.45) is 0. The van der Waals surface area contributed by atoms with Crippen molar-refractivity contribution in [2.45, 2.75) is 12.3 Å². The van der Waals surface area contributed by atoms with Gasteiger partial charge in [0, 0.05) is 24.8 Å². The number of thioether (sulfide) groups is 1. The van der Waals surface area contributed by atoms with E-state index in [0.29, 0.717) is 17.9 Å². The van der Waals surface area contributed by atoms with E-state index in [2.05, 4.69) is 10.6 Å². The summed E-state index contributed by atoms with van der Waals surface area (Å²) in [6, 6.07) is 8.39. The van der Waals surface area contributed by atoms with Crippen molar-refractivity contribution >= 4 is 29.5 Å². The molecule has 0 fully saturated rings. The van der Waals surface area contributed by atoms with Gasteiger partial charge in [0.2, 0.25) is 5.91 Å². The van der Waals surface area contributed by atoms with Gasteiger partial charge in [-0.1, -0.05) is 18.2 Å². The lowest BCUT2D eigenvalue weighted by molar-refractivity contribution is -0.136. The van der Waals surface area contributed by atoms with Gasteiger partial charge in [-0.15, -0.1) is 11.8 Å². The third-order valence-corrected chi connectivity index (χ3v) is 3.38. The smallest absolute Gasteiger partial charge is 0.336 e. The van der Waals surface area contributed by atoms with Crippen LogP contribution in [0.2, 0.25) is 0 Å². The average Bonchev–Trinajstić information content (AvgIpc) is 2.42. The van der Waals surface area contributed by atoms with E-state index in [1.54, 1.807) is 30.3 Å². The van der Waals surface area contributed by atoms with E-state index < -0.39 is 17.3 Å². The van der Waals surface area contributed by atoms with Crippen LogP contribution in [0.5, 0.6) is 0 Å². The molecule has 0 aliphatic rings. The number of rotatable bonds is 7. The van der Waals surface area contributed by atoms with Gasteiger partial charge in [0.1, 0.15) is 0 Å².